The van der Waals surface area contributed by atoms with Crippen LogP contribution in [0.5, 0.6) is 5.75 Å². The molecule has 1 aromatic rings. The third kappa shape index (κ3) is 2.81. The summed E-state index contributed by atoms with van der Waals surface area (Å²) >= 11 is 0. The molecule has 5 nitrogen and oxygen atoms in total. The first-order valence-electron chi connectivity index (χ1n) is 7.20. The van der Waals surface area contributed by atoms with Crippen molar-refractivity contribution in [3.8, 4) is 5.75 Å². The van der Waals surface area contributed by atoms with Crippen molar-refractivity contribution in [3.05, 3.63) is 29.8 Å². The summed E-state index contributed by atoms with van der Waals surface area (Å²) in [6.07, 6.45) is -0.225. The number of aliphatic hydroxyl groups is 1. The van der Waals surface area contributed by atoms with Crippen LogP contribution < -0.4 is 0 Å². The van der Waals surface area contributed by atoms with E-state index in [-0.39, 0.29) is 29.5 Å². The molecule has 2 N–H and O–H groups in total. The van der Waals surface area contributed by atoms with E-state index in [9.17, 15) is 24.6 Å². The summed E-state index contributed by atoms with van der Waals surface area (Å²) < 4.78 is 0. The predicted octanol–water partition coefficient (Wildman–Crippen LogP) is 1.61. The molecular weight excluding hydrogens is 284 g/mol. The fourth-order valence-electron chi connectivity index (χ4n) is 3.64. The molecule has 1 aliphatic carbocycles. The molecule has 0 aromatic heterocycles. The number of benzene rings is 1. The van der Waals surface area contributed by atoms with Gasteiger partial charge in [-0.15, -0.1) is 0 Å². The quantitative estimate of drug-likeness (QED) is 0.828. The summed E-state index contributed by atoms with van der Waals surface area (Å²) in [5.41, 5.74) is -1.00. The fourth-order valence-corrected chi connectivity index (χ4v) is 3.64. The highest BCUT2D eigenvalue weighted by molar-refractivity contribution is 6.05. The Labute approximate surface area is 129 Å². The maximum absolute atomic E-state index is 12.3. The van der Waals surface area contributed by atoms with E-state index >= 15 is 0 Å². The molecule has 0 spiro atoms. The molecule has 118 valence electrons. The molecule has 0 radical (unpaired) electrons. The van der Waals surface area contributed by atoms with Gasteiger partial charge in [0.05, 0.1) is 17.4 Å². The molecular formula is C17H20O5. The molecule has 0 aliphatic heterocycles. The fraction of sp³-hybridized carbons (Fsp3) is 0.471. The van der Waals surface area contributed by atoms with E-state index in [1.54, 1.807) is 12.1 Å². The van der Waals surface area contributed by atoms with E-state index in [4.69, 9.17) is 0 Å². The monoisotopic (exact) mass is 304 g/mol. The molecule has 0 bridgehead atoms. The lowest BCUT2D eigenvalue weighted by Gasteiger charge is -2.44. The summed E-state index contributed by atoms with van der Waals surface area (Å²) in [5.74, 6) is -3.62. The molecule has 22 heavy (non-hydrogen) atoms. The molecule has 4 atom stereocenters. The van der Waals surface area contributed by atoms with Crippen LogP contribution in [0.15, 0.2) is 24.3 Å². The number of phenolic OH excluding ortho intramolecular Hbond substituents is 1. The number of phenols is 1. The number of rotatable bonds is 3. The number of carbonyl (C=O) groups is 3. The first kappa shape index (κ1) is 16.4. The van der Waals surface area contributed by atoms with Crippen LogP contribution in [0.1, 0.15) is 38.7 Å². The van der Waals surface area contributed by atoms with E-state index in [0.717, 1.165) is 0 Å². The van der Waals surface area contributed by atoms with Gasteiger partial charge in [-0.05, 0) is 38.5 Å². The van der Waals surface area contributed by atoms with Gasteiger partial charge in [-0.2, -0.15) is 0 Å². The van der Waals surface area contributed by atoms with Gasteiger partial charge in [0, 0.05) is 12.3 Å². The van der Waals surface area contributed by atoms with Crippen LogP contribution in [0.2, 0.25) is 0 Å². The maximum Gasteiger partial charge on any atom is 0.146 e. The smallest absolute Gasteiger partial charge is 0.146 e. The highest BCUT2D eigenvalue weighted by atomic mass is 16.3. The van der Waals surface area contributed by atoms with Crippen LogP contribution >= 0.6 is 0 Å². The minimum atomic E-state index is -1.51. The average Bonchev–Trinajstić information content (AvgIpc) is 2.35. The summed E-state index contributed by atoms with van der Waals surface area (Å²) in [6.45, 7) is 4.11. The van der Waals surface area contributed by atoms with Crippen LogP contribution in [-0.2, 0) is 14.4 Å². The Morgan fingerprint density at radius 3 is 2.36 bits per heavy atom. The second kappa shape index (κ2) is 5.65. The van der Waals surface area contributed by atoms with Crippen LogP contribution in [0.25, 0.3) is 0 Å². The molecule has 1 fully saturated rings. The van der Waals surface area contributed by atoms with Crippen molar-refractivity contribution in [2.24, 2.45) is 11.8 Å². The maximum atomic E-state index is 12.3. The van der Waals surface area contributed by atoms with Crippen molar-refractivity contribution >= 4 is 17.3 Å². The van der Waals surface area contributed by atoms with E-state index in [0.29, 0.717) is 5.56 Å². The van der Waals surface area contributed by atoms with Crippen LogP contribution in [0.4, 0.5) is 0 Å². The molecule has 1 aromatic carbocycles. The standard InChI is InChI=1S/C17H20O5/c1-9(18)14-13(21)8-17(3,22)16(10(2)19)15(14)11-5-4-6-12(20)7-11/h4-7,14-16,20,22H,8H2,1-3H3/t14-,15-,16+,17+/m1/s1. The normalized spacial score (nSPS) is 31.8. The van der Waals surface area contributed by atoms with Crippen molar-refractivity contribution in [1.82, 2.24) is 0 Å². The molecule has 5 heteroatoms. The zero-order valence-electron chi connectivity index (χ0n) is 12.9. The summed E-state index contributed by atoms with van der Waals surface area (Å²) in [7, 11) is 0. The van der Waals surface area contributed by atoms with E-state index in [1.807, 2.05) is 0 Å². The highest BCUT2D eigenvalue weighted by Gasteiger charge is 2.53. The summed E-state index contributed by atoms with van der Waals surface area (Å²) in [4.78, 5) is 36.4. The minimum absolute atomic E-state index is 0.0141. The lowest BCUT2D eigenvalue weighted by molar-refractivity contribution is -0.151. The van der Waals surface area contributed by atoms with Crippen molar-refractivity contribution in [3.63, 3.8) is 0 Å². The lowest BCUT2D eigenvalue weighted by atomic mass is 9.60. The second-order valence-electron chi connectivity index (χ2n) is 6.30. The number of Topliss-reactive ketones (excluding diaryl/α,β-unsaturated/α-hetero) is 3. The Balaban J connectivity index is 2.64. The molecule has 1 aliphatic rings. The lowest BCUT2D eigenvalue weighted by Crippen LogP contribution is -2.53. The first-order chi connectivity index (χ1) is 10.1. The topological polar surface area (TPSA) is 91.7 Å². The van der Waals surface area contributed by atoms with Crippen molar-refractivity contribution in [1.29, 1.82) is 0 Å². The van der Waals surface area contributed by atoms with Gasteiger partial charge >= 0.3 is 0 Å². The van der Waals surface area contributed by atoms with Crippen molar-refractivity contribution in [2.45, 2.75) is 38.7 Å². The SMILES string of the molecule is CC(=O)[C@@H]1C(=O)C[C@](C)(O)[C@@H](C(C)=O)[C@@H]1c1cccc(O)c1. The van der Waals surface area contributed by atoms with Gasteiger partial charge < -0.3 is 10.2 Å². The third-order valence-electron chi connectivity index (χ3n) is 4.40. The van der Waals surface area contributed by atoms with Crippen LogP contribution in [-0.4, -0.2) is 33.2 Å². The largest absolute Gasteiger partial charge is 0.508 e. The highest BCUT2D eigenvalue weighted by Crippen LogP contribution is 2.46. The van der Waals surface area contributed by atoms with Crippen LogP contribution in [0.3, 0.4) is 0 Å². The summed E-state index contributed by atoms with van der Waals surface area (Å²) in [5, 5.41) is 20.2. The van der Waals surface area contributed by atoms with Gasteiger partial charge in [0.1, 0.15) is 23.1 Å². The minimum Gasteiger partial charge on any atom is -0.508 e. The Morgan fingerprint density at radius 2 is 1.86 bits per heavy atom. The second-order valence-corrected chi connectivity index (χ2v) is 6.30. The molecule has 2 rings (SSSR count). The Hall–Kier alpha value is -2.01. The molecule has 0 amide bonds. The van der Waals surface area contributed by atoms with Gasteiger partial charge in [0.15, 0.2) is 0 Å². The number of carbonyl (C=O) groups excluding carboxylic acids is 3. The molecule has 0 heterocycles. The Bertz CT molecular complexity index is 632. The summed E-state index contributed by atoms with van der Waals surface area (Å²) in [6, 6.07) is 6.15. The number of hydrogen-bond acceptors (Lipinski definition) is 5. The first-order valence-corrected chi connectivity index (χ1v) is 7.20. The number of hydrogen-bond donors (Lipinski definition) is 2. The van der Waals surface area contributed by atoms with Gasteiger partial charge in [-0.1, -0.05) is 12.1 Å². The van der Waals surface area contributed by atoms with E-state index < -0.39 is 23.4 Å². The van der Waals surface area contributed by atoms with E-state index in [2.05, 4.69) is 0 Å². The number of aromatic hydroxyl groups is 1. The molecule has 0 saturated heterocycles. The number of ketones is 3. The van der Waals surface area contributed by atoms with Gasteiger partial charge in [-0.3, -0.25) is 14.4 Å². The Morgan fingerprint density at radius 1 is 1.23 bits per heavy atom. The van der Waals surface area contributed by atoms with Crippen molar-refractivity contribution < 1.29 is 24.6 Å². The zero-order valence-corrected chi connectivity index (χ0v) is 12.9. The Kier molecular flexibility index (Phi) is 4.20. The van der Waals surface area contributed by atoms with Crippen molar-refractivity contribution in [2.75, 3.05) is 0 Å². The van der Waals surface area contributed by atoms with Gasteiger partial charge in [0.2, 0.25) is 0 Å². The van der Waals surface area contributed by atoms with Crippen LogP contribution in [0, 0.1) is 11.8 Å². The third-order valence-corrected chi connectivity index (χ3v) is 4.40. The van der Waals surface area contributed by atoms with Gasteiger partial charge in [0.25, 0.3) is 0 Å². The average molecular weight is 304 g/mol. The predicted molar refractivity (Wildman–Crippen MR) is 79.4 cm³/mol. The molecule has 0 unspecified atom stereocenters. The zero-order chi connectivity index (χ0) is 16.7. The van der Waals surface area contributed by atoms with E-state index in [1.165, 1.54) is 32.9 Å². The molecule has 1 saturated carbocycles. The van der Waals surface area contributed by atoms with Gasteiger partial charge in [-0.25, -0.2) is 0 Å².